The molecule has 3 nitrogen and oxygen atoms in total. The van der Waals surface area contributed by atoms with Crippen molar-refractivity contribution in [2.24, 2.45) is 0 Å². The van der Waals surface area contributed by atoms with Crippen molar-refractivity contribution in [3.63, 3.8) is 0 Å². The van der Waals surface area contributed by atoms with E-state index in [1.807, 2.05) is 0 Å². The van der Waals surface area contributed by atoms with Gasteiger partial charge in [-0.25, -0.2) is 0 Å². The first-order valence-electron chi connectivity index (χ1n) is 2.83. The maximum atomic E-state index is 8.95. The number of aromatic hydroxyl groups is 3. The predicted octanol–water partition coefficient (Wildman–Crippen LogP) is 1.11. The molecule has 0 amide bonds. The topological polar surface area (TPSA) is 60.7 Å². The summed E-state index contributed by atoms with van der Waals surface area (Å²) in [5, 5.41) is 26.6. The SMILES string of the molecule is Cc1cc(O)c(O)cc1O. The van der Waals surface area contributed by atoms with Gasteiger partial charge in [0, 0.05) is 6.07 Å². The highest BCUT2D eigenvalue weighted by molar-refractivity contribution is 5.47. The van der Waals surface area contributed by atoms with E-state index < -0.39 is 0 Å². The molecule has 54 valence electrons. The third-order valence-electron chi connectivity index (χ3n) is 1.29. The average Bonchev–Trinajstić information content (AvgIpc) is 1.84. The van der Waals surface area contributed by atoms with Gasteiger partial charge in [0.15, 0.2) is 11.5 Å². The first-order valence-corrected chi connectivity index (χ1v) is 2.83. The van der Waals surface area contributed by atoms with E-state index >= 15 is 0 Å². The minimum Gasteiger partial charge on any atom is -0.508 e. The van der Waals surface area contributed by atoms with Gasteiger partial charge in [0.2, 0.25) is 0 Å². The fraction of sp³-hybridized carbons (Fsp3) is 0.143. The van der Waals surface area contributed by atoms with E-state index in [0.717, 1.165) is 6.07 Å². The highest BCUT2D eigenvalue weighted by Crippen LogP contribution is 2.31. The summed E-state index contributed by atoms with van der Waals surface area (Å²) < 4.78 is 0. The fourth-order valence-electron chi connectivity index (χ4n) is 0.670. The molecule has 0 fully saturated rings. The minimum absolute atomic E-state index is 0.0182. The highest BCUT2D eigenvalue weighted by atomic mass is 16.3. The third kappa shape index (κ3) is 0.978. The van der Waals surface area contributed by atoms with Crippen molar-refractivity contribution < 1.29 is 15.3 Å². The van der Waals surface area contributed by atoms with Gasteiger partial charge < -0.3 is 15.3 Å². The molecule has 1 aromatic rings. The molecule has 0 aliphatic rings. The number of phenolic OH excluding ortho intramolecular Hbond substituents is 3. The van der Waals surface area contributed by atoms with Gasteiger partial charge in [-0.1, -0.05) is 0 Å². The molecule has 0 aliphatic heterocycles. The van der Waals surface area contributed by atoms with E-state index in [1.54, 1.807) is 6.92 Å². The van der Waals surface area contributed by atoms with Crippen LogP contribution in [0.3, 0.4) is 0 Å². The van der Waals surface area contributed by atoms with Gasteiger partial charge >= 0.3 is 0 Å². The van der Waals surface area contributed by atoms with Crippen molar-refractivity contribution in [1.82, 2.24) is 0 Å². The lowest BCUT2D eigenvalue weighted by molar-refractivity contribution is 0.395. The Hall–Kier alpha value is -1.38. The third-order valence-corrected chi connectivity index (χ3v) is 1.29. The average molecular weight is 140 g/mol. The van der Waals surface area contributed by atoms with Crippen LogP contribution in [0.2, 0.25) is 0 Å². The minimum atomic E-state index is -0.303. The van der Waals surface area contributed by atoms with Gasteiger partial charge in [-0.15, -0.1) is 0 Å². The Bertz CT molecular complexity index is 205. The van der Waals surface area contributed by atoms with E-state index in [2.05, 4.69) is 0 Å². The molecule has 3 N–H and O–H groups in total. The zero-order valence-electron chi connectivity index (χ0n) is 5.50. The summed E-state index contributed by atoms with van der Waals surface area (Å²) in [6, 6.07) is 2.40. The normalized spacial score (nSPS) is 9.70. The van der Waals surface area contributed by atoms with Crippen molar-refractivity contribution in [3.8, 4) is 17.2 Å². The van der Waals surface area contributed by atoms with Crippen molar-refractivity contribution in [2.75, 3.05) is 0 Å². The van der Waals surface area contributed by atoms with Crippen LogP contribution in [0.25, 0.3) is 0 Å². The Morgan fingerprint density at radius 1 is 0.900 bits per heavy atom. The number of rotatable bonds is 0. The van der Waals surface area contributed by atoms with E-state index in [4.69, 9.17) is 15.3 Å². The van der Waals surface area contributed by atoms with Crippen LogP contribution in [0.1, 0.15) is 5.56 Å². The van der Waals surface area contributed by atoms with Crippen LogP contribution in [-0.2, 0) is 0 Å². The first kappa shape index (κ1) is 6.74. The number of hydrogen-bond acceptors (Lipinski definition) is 3. The number of benzene rings is 1. The van der Waals surface area contributed by atoms with Crippen LogP contribution >= 0.6 is 0 Å². The van der Waals surface area contributed by atoms with Gasteiger partial charge in [0.1, 0.15) is 5.75 Å². The van der Waals surface area contributed by atoms with Crippen LogP contribution < -0.4 is 0 Å². The van der Waals surface area contributed by atoms with Gasteiger partial charge in [-0.3, -0.25) is 0 Å². The quantitative estimate of drug-likeness (QED) is 0.373. The summed E-state index contributed by atoms with van der Waals surface area (Å²) in [7, 11) is 0. The highest BCUT2D eigenvalue weighted by Gasteiger charge is 2.02. The molecule has 0 radical (unpaired) electrons. The smallest absolute Gasteiger partial charge is 0.161 e. The number of hydrogen-bond donors (Lipinski definition) is 3. The molecule has 0 spiro atoms. The van der Waals surface area contributed by atoms with Gasteiger partial charge in [0.05, 0.1) is 0 Å². The Morgan fingerprint density at radius 2 is 1.40 bits per heavy atom. The molecule has 0 aliphatic carbocycles. The summed E-state index contributed by atoms with van der Waals surface area (Å²) in [5.74, 6) is -0.534. The van der Waals surface area contributed by atoms with E-state index in [0.29, 0.717) is 5.56 Å². The number of aryl methyl sites for hydroxylation is 1. The molecular weight excluding hydrogens is 132 g/mol. The largest absolute Gasteiger partial charge is 0.508 e. The van der Waals surface area contributed by atoms with Crippen LogP contribution in [0, 0.1) is 6.92 Å². The summed E-state index contributed by atoms with van der Waals surface area (Å²) in [6.07, 6.45) is 0. The van der Waals surface area contributed by atoms with E-state index in [-0.39, 0.29) is 17.2 Å². The Kier molecular flexibility index (Phi) is 1.41. The van der Waals surface area contributed by atoms with Crippen LogP contribution in [0.15, 0.2) is 12.1 Å². The van der Waals surface area contributed by atoms with Gasteiger partial charge in [-0.05, 0) is 18.6 Å². The molecule has 0 bridgehead atoms. The summed E-state index contributed by atoms with van der Waals surface area (Å²) in [4.78, 5) is 0. The summed E-state index contributed by atoms with van der Waals surface area (Å²) in [6.45, 7) is 1.63. The molecular formula is C7H8O3. The lowest BCUT2D eigenvalue weighted by atomic mass is 10.2. The van der Waals surface area contributed by atoms with Crippen molar-refractivity contribution >= 4 is 0 Å². The second-order valence-electron chi connectivity index (χ2n) is 2.13. The lowest BCUT2D eigenvalue weighted by Gasteiger charge is -2.00. The second kappa shape index (κ2) is 2.10. The van der Waals surface area contributed by atoms with E-state index in [9.17, 15) is 0 Å². The summed E-state index contributed by atoms with van der Waals surface area (Å²) >= 11 is 0. The fourth-order valence-corrected chi connectivity index (χ4v) is 0.670. The van der Waals surface area contributed by atoms with E-state index in [1.165, 1.54) is 6.07 Å². The zero-order chi connectivity index (χ0) is 7.72. The molecule has 0 unspecified atom stereocenters. The molecule has 1 aromatic carbocycles. The summed E-state index contributed by atoms with van der Waals surface area (Å²) in [5.41, 5.74) is 0.537. The Balaban J connectivity index is 3.28. The predicted molar refractivity (Wildman–Crippen MR) is 36.2 cm³/mol. The van der Waals surface area contributed by atoms with Crippen LogP contribution in [0.4, 0.5) is 0 Å². The molecule has 1 rings (SSSR count). The van der Waals surface area contributed by atoms with Gasteiger partial charge in [-0.2, -0.15) is 0 Å². The zero-order valence-corrected chi connectivity index (χ0v) is 5.50. The maximum absolute atomic E-state index is 8.95. The van der Waals surface area contributed by atoms with Crippen molar-refractivity contribution in [1.29, 1.82) is 0 Å². The molecule has 0 saturated carbocycles. The van der Waals surface area contributed by atoms with Crippen molar-refractivity contribution in [3.05, 3.63) is 17.7 Å². The second-order valence-corrected chi connectivity index (χ2v) is 2.13. The molecule has 10 heavy (non-hydrogen) atoms. The maximum Gasteiger partial charge on any atom is 0.161 e. The molecule has 3 heteroatoms. The van der Waals surface area contributed by atoms with Gasteiger partial charge in [0.25, 0.3) is 0 Å². The standard InChI is InChI=1S/C7H8O3/c1-4-2-6(9)7(10)3-5(4)8/h2-3,8-10H,1H3. The van der Waals surface area contributed by atoms with Crippen molar-refractivity contribution in [2.45, 2.75) is 6.92 Å². The monoisotopic (exact) mass is 140 g/mol. The Morgan fingerprint density at radius 3 is 1.90 bits per heavy atom. The lowest BCUT2D eigenvalue weighted by Crippen LogP contribution is -1.74. The molecule has 0 saturated heterocycles. The Labute approximate surface area is 58.2 Å². The van der Waals surface area contributed by atoms with Crippen LogP contribution in [0.5, 0.6) is 17.2 Å². The molecule has 0 heterocycles. The first-order chi connectivity index (χ1) is 4.61. The number of phenols is 3. The van der Waals surface area contributed by atoms with Crippen LogP contribution in [-0.4, -0.2) is 15.3 Å². The molecule has 0 atom stereocenters. The molecule has 0 aromatic heterocycles.